The smallest absolute Gasteiger partial charge is 0.303 e. The van der Waals surface area contributed by atoms with Crippen LogP contribution in [0.4, 0.5) is 0 Å². The Kier molecular flexibility index (Phi) is 7.48. The lowest BCUT2D eigenvalue weighted by Gasteiger charge is -2.17. The van der Waals surface area contributed by atoms with Crippen LogP contribution in [0.25, 0.3) is 0 Å². The van der Waals surface area contributed by atoms with Crippen LogP contribution in [0.2, 0.25) is 0 Å². The van der Waals surface area contributed by atoms with Gasteiger partial charge in [-0.2, -0.15) is 0 Å². The zero-order chi connectivity index (χ0) is 11.0. The number of carbonyl (C=O) groups is 1. The maximum absolute atomic E-state index is 10.5. The Morgan fingerprint density at radius 3 is 2.36 bits per heavy atom. The normalized spacial score (nSPS) is 15.1. The Labute approximate surface area is 86.1 Å². The van der Waals surface area contributed by atoms with E-state index in [4.69, 9.17) is 5.11 Å². The van der Waals surface area contributed by atoms with Crippen LogP contribution in [0.1, 0.15) is 52.4 Å². The number of hydrogen-bond acceptors (Lipinski definition) is 2. The van der Waals surface area contributed by atoms with Crippen LogP contribution in [-0.2, 0) is 4.79 Å². The standard InChI is InChI=1S/C11H22O3/c1-3-4-5-6-7-10(9(2)12)8-11(13)14/h9-10,12H,3-8H2,1-2H3,(H,13,14). The molecule has 0 saturated carbocycles. The first-order chi connectivity index (χ1) is 6.57. The Morgan fingerprint density at radius 1 is 1.29 bits per heavy atom. The van der Waals surface area contributed by atoms with Crippen molar-refractivity contribution in [2.45, 2.75) is 58.5 Å². The van der Waals surface area contributed by atoms with Crippen LogP contribution in [0.15, 0.2) is 0 Å². The van der Waals surface area contributed by atoms with Crippen LogP contribution in [0, 0.1) is 5.92 Å². The summed E-state index contributed by atoms with van der Waals surface area (Å²) in [6, 6.07) is 0. The van der Waals surface area contributed by atoms with Crippen LogP contribution < -0.4 is 0 Å². The molecule has 0 rings (SSSR count). The van der Waals surface area contributed by atoms with E-state index >= 15 is 0 Å². The summed E-state index contributed by atoms with van der Waals surface area (Å²) in [4.78, 5) is 10.5. The van der Waals surface area contributed by atoms with Crippen LogP contribution in [0.3, 0.4) is 0 Å². The Balaban J connectivity index is 3.68. The number of unbranched alkanes of at least 4 members (excludes halogenated alkanes) is 3. The molecule has 3 nitrogen and oxygen atoms in total. The number of aliphatic hydroxyl groups excluding tert-OH is 1. The van der Waals surface area contributed by atoms with E-state index in [9.17, 15) is 9.90 Å². The minimum Gasteiger partial charge on any atom is -0.481 e. The van der Waals surface area contributed by atoms with Gasteiger partial charge in [-0.05, 0) is 19.3 Å². The van der Waals surface area contributed by atoms with Crippen LogP contribution in [-0.4, -0.2) is 22.3 Å². The largest absolute Gasteiger partial charge is 0.481 e. The second kappa shape index (κ2) is 7.80. The Morgan fingerprint density at radius 2 is 1.93 bits per heavy atom. The summed E-state index contributed by atoms with van der Waals surface area (Å²) in [5.74, 6) is -0.893. The molecule has 0 aromatic rings. The van der Waals surface area contributed by atoms with Gasteiger partial charge in [0, 0.05) is 0 Å². The Hall–Kier alpha value is -0.570. The minimum atomic E-state index is -0.814. The van der Waals surface area contributed by atoms with Crippen molar-refractivity contribution in [2.24, 2.45) is 5.92 Å². The van der Waals surface area contributed by atoms with Crippen molar-refractivity contribution in [1.82, 2.24) is 0 Å². The third-order valence-corrected chi connectivity index (χ3v) is 2.55. The molecule has 3 heteroatoms. The molecule has 0 aromatic heterocycles. The minimum absolute atomic E-state index is 0.0793. The number of carboxylic acid groups (broad SMARTS) is 1. The summed E-state index contributed by atoms with van der Waals surface area (Å²) in [6.07, 6.45) is 4.94. The molecule has 2 atom stereocenters. The maximum Gasteiger partial charge on any atom is 0.303 e. The van der Waals surface area contributed by atoms with E-state index in [0.717, 1.165) is 19.3 Å². The van der Waals surface area contributed by atoms with Gasteiger partial charge in [0.15, 0.2) is 0 Å². The van der Waals surface area contributed by atoms with E-state index in [-0.39, 0.29) is 12.3 Å². The highest BCUT2D eigenvalue weighted by molar-refractivity contribution is 5.67. The molecular weight excluding hydrogens is 180 g/mol. The lowest BCUT2D eigenvalue weighted by molar-refractivity contribution is -0.139. The Bertz CT molecular complexity index is 155. The van der Waals surface area contributed by atoms with E-state index in [1.54, 1.807) is 6.92 Å². The molecule has 0 aliphatic carbocycles. The highest BCUT2D eigenvalue weighted by atomic mass is 16.4. The average Bonchev–Trinajstić information content (AvgIpc) is 2.09. The van der Waals surface area contributed by atoms with Gasteiger partial charge in [0.05, 0.1) is 12.5 Å². The van der Waals surface area contributed by atoms with Crippen LogP contribution >= 0.6 is 0 Å². The lowest BCUT2D eigenvalue weighted by Crippen LogP contribution is -2.20. The number of hydrogen-bond donors (Lipinski definition) is 2. The SMILES string of the molecule is CCCCCCC(CC(=O)O)C(C)O. The number of aliphatic carboxylic acids is 1. The second-order valence-electron chi connectivity index (χ2n) is 3.95. The van der Waals surface area contributed by atoms with Gasteiger partial charge in [0.1, 0.15) is 0 Å². The van der Waals surface area contributed by atoms with Crippen LogP contribution in [0.5, 0.6) is 0 Å². The fourth-order valence-electron chi connectivity index (χ4n) is 1.57. The van der Waals surface area contributed by atoms with E-state index in [2.05, 4.69) is 6.92 Å². The zero-order valence-electron chi connectivity index (χ0n) is 9.20. The monoisotopic (exact) mass is 202 g/mol. The topological polar surface area (TPSA) is 57.5 Å². The van der Waals surface area contributed by atoms with E-state index in [0.29, 0.717) is 0 Å². The molecule has 0 spiro atoms. The summed E-state index contributed by atoms with van der Waals surface area (Å²) in [5.41, 5.74) is 0. The highest BCUT2D eigenvalue weighted by Gasteiger charge is 2.17. The molecule has 0 amide bonds. The summed E-state index contributed by atoms with van der Waals surface area (Å²) in [7, 11) is 0. The van der Waals surface area contributed by atoms with E-state index < -0.39 is 12.1 Å². The van der Waals surface area contributed by atoms with Crippen molar-refractivity contribution in [2.75, 3.05) is 0 Å². The molecule has 0 aromatic carbocycles. The summed E-state index contributed by atoms with van der Waals surface area (Å²) >= 11 is 0. The van der Waals surface area contributed by atoms with Crippen molar-refractivity contribution in [3.8, 4) is 0 Å². The molecule has 2 N–H and O–H groups in total. The molecule has 0 radical (unpaired) electrons. The molecule has 0 saturated heterocycles. The molecule has 0 fully saturated rings. The fourth-order valence-corrected chi connectivity index (χ4v) is 1.57. The fraction of sp³-hybridized carbons (Fsp3) is 0.909. The van der Waals surface area contributed by atoms with Gasteiger partial charge in [-0.3, -0.25) is 4.79 Å². The molecule has 0 aliphatic rings. The second-order valence-corrected chi connectivity index (χ2v) is 3.95. The number of rotatable bonds is 8. The van der Waals surface area contributed by atoms with Gasteiger partial charge in [-0.1, -0.05) is 32.6 Å². The first-order valence-electron chi connectivity index (χ1n) is 5.47. The first-order valence-corrected chi connectivity index (χ1v) is 5.47. The average molecular weight is 202 g/mol. The lowest BCUT2D eigenvalue weighted by atomic mass is 9.93. The van der Waals surface area contributed by atoms with Crippen molar-refractivity contribution >= 4 is 5.97 Å². The highest BCUT2D eigenvalue weighted by Crippen LogP contribution is 2.18. The molecule has 0 bridgehead atoms. The number of carboxylic acids is 1. The maximum atomic E-state index is 10.5. The van der Waals surface area contributed by atoms with E-state index in [1.807, 2.05) is 0 Å². The van der Waals surface area contributed by atoms with Crippen molar-refractivity contribution in [3.05, 3.63) is 0 Å². The zero-order valence-corrected chi connectivity index (χ0v) is 9.20. The third kappa shape index (κ3) is 6.89. The quantitative estimate of drug-likeness (QED) is 0.594. The molecule has 2 unspecified atom stereocenters. The van der Waals surface area contributed by atoms with Gasteiger partial charge in [0.2, 0.25) is 0 Å². The predicted molar refractivity (Wildman–Crippen MR) is 56.2 cm³/mol. The summed E-state index contributed by atoms with van der Waals surface area (Å²) < 4.78 is 0. The molecular formula is C11H22O3. The van der Waals surface area contributed by atoms with Crippen molar-refractivity contribution in [3.63, 3.8) is 0 Å². The van der Waals surface area contributed by atoms with Gasteiger partial charge in [0.25, 0.3) is 0 Å². The third-order valence-electron chi connectivity index (χ3n) is 2.55. The van der Waals surface area contributed by atoms with Gasteiger partial charge < -0.3 is 10.2 Å². The predicted octanol–water partition coefficient (Wildman–Crippen LogP) is 2.43. The summed E-state index contributed by atoms with van der Waals surface area (Å²) in [6.45, 7) is 3.82. The van der Waals surface area contributed by atoms with Crippen molar-refractivity contribution in [1.29, 1.82) is 0 Å². The number of aliphatic hydroxyl groups is 1. The van der Waals surface area contributed by atoms with Gasteiger partial charge >= 0.3 is 5.97 Å². The molecule has 0 heterocycles. The molecule has 0 aliphatic heterocycles. The van der Waals surface area contributed by atoms with Gasteiger partial charge in [-0.15, -0.1) is 0 Å². The van der Waals surface area contributed by atoms with Crippen molar-refractivity contribution < 1.29 is 15.0 Å². The van der Waals surface area contributed by atoms with Gasteiger partial charge in [-0.25, -0.2) is 0 Å². The first kappa shape index (κ1) is 13.4. The summed E-state index contributed by atoms with van der Waals surface area (Å²) in [5, 5.41) is 18.0. The molecule has 84 valence electrons. The van der Waals surface area contributed by atoms with E-state index in [1.165, 1.54) is 12.8 Å². The molecule has 14 heavy (non-hydrogen) atoms.